The van der Waals surface area contributed by atoms with Gasteiger partial charge in [0.25, 0.3) is 0 Å². The maximum absolute atomic E-state index is 12.0. The third-order valence-corrected chi connectivity index (χ3v) is 3.69. The summed E-state index contributed by atoms with van der Waals surface area (Å²) in [6.45, 7) is 9.63. The normalized spacial score (nSPS) is 13.0. The van der Waals surface area contributed by atoms with E-state index < -0.39 is 7.60 Å². The number of allylic oxidation sites excluding steroid dienone is 3. The summed E-state index contributed by atoms with van der Waals surface area (Å²) in [7, 11) is -3.09. The SMILES string of the molecule is C=C/C(=C\C)P(=O)(OCC)OCC. The van der Waals surface area contributed by atoms with Gasteiger partial charge in [-0.2, -0.15) is 0 Å². The van der Waals surface area contributed by atoms with E-state index in [1.165, 1.54) is 6.08 Å². The van der Waals surface area contributed by atoms with Crippen LogP contribution in [0.25, 0.3) is 0 Å². The van der Waals surface area contributed by atoms with Gasteiger partial charge < -0.3 is 9.05 Å². The van der Waals surface area contributed by atoms with E-state index >= 15 is 0 Å². The van der Waals surface area contributed by atoms with Crippen molar-refractivity contribution in [1.29, 1.82) is 0 Å². The largest absolute Gasteiger partial charge is 0.360 e. The van der Waals surface area contributed by atoms with Gasteiger partial charge >= 0.3 is 7.60 Å². The smallest absolute Gasteiger partial charge is 0.306 e. The highest BCUT2D eigenvalue weighted by Gasteiger charge is 2.26. The van der Waals surface area contributed by atoms with Crippen LogP contribution in [0.3, 0.4) is 0 Å². The Kier molecular flexibility index (Phi) is 5.97. The second-order valence-electron chi connectivity index (χ2n) is 2.25. The molecule has 0 amide bonds. The molecule has 0 atom stereocenters. The van der Waals surface area contributed by atoms with E-state index in [4.69, 9.17) is 9.05 Å². The molecule has 0 saturated heterocycles. The molecule has 0 aliphatic rings. The summed E-state index contributed by atoms with van der Waals surface area (Å²) in [6, 6.07) is 0. The topological polar surface area (TPSA) is 35.5 Å². The van der Waals surface area contributed by atoms with Gasteiger partial charge in [-0.3, -0.25) is 4.57 Å². The summed E-state index contributed by atoms with van der Waals surface area (Å²) in [5.41, 5.74) is 0. The Morgan fingerprint density at radius 3 is 2.08 bits per heavy atom. The fraction of sp³-hybridized carbons (Fsp3) is 0.556. The van der Waals surface area contributed by atoms with Gasteiger partial charge in [-0.05, 0) is 20.8 Å². The van der Waals surface area contributed by atoms with Gasteiger partial charge in [-0.1, -0.05) is 18.7 Å². The summed E-state index contributed by atoms with van der Waals surface area (Å²) < 4.78 is 22.2. The Bertz CT molecular complexity index is 223. The fourth-order valence-electron chi connectivity index (χ4n) is 0.914. The monoisotopic (exact) mass is 204 g/mol. The molecule has 0 saturated carbocycles. The van der Waals surface area contributed by atoms with Crippen LogP contribution >= 0.6 is 7.60 Å². The minimum Gasteiger partial charge on any atom is -0.306 e. The Morgan fingerprint density at radius 1 is 1.38 bits per heavy atom. The maximum Gasteiger partial charge on any atom is 0.360 e. The maximum atomic E-state index is 12.0. The molecule has 0 aromatic rings. The summed E-state index contributed by atoms with van der Waals surface area (Å²) >= 11 is 0. The van der Waals surface area contributed by atoms with Gasteiger partial charge in [0.2, 0.25) is 0 Å². The van der Waals surface area contributed by atoms with Gasteiger partial charge in [-0.15, -0.1) is 0 Å². The lowest BCUT2D eigenvalue weighted by atomic mass is 10.5. The van der Waals surface area contributed by atoms with Crippen molar-refractivity contribution in [3.8, 4) is 0 Å². The standard InChI is InChI=1S/C9H17O3P/c1-5-9(6-2)13(10,11-7-3)12-8-4/h5-6H,1,7-8H2,2-4H3/b9-6+. The Morgan fingerprint density at radius 2 is 1.85 bits per heavy atom. The van der Waals surface area contributed by atoms with Gasteiger partial charge in [0.1, 0.15) is 0 Å². The van der Waals surface area contributed by atoms with Crippen LogP contribution in [-0.4, -0.2) is 13.2 Å². The lowest BCUT2D eigenvalue weighted by Gasteiger charge is -2.17. The average molecular weight is 204 g/mol. The molecule has 0 rings (SSSR count). The Hall–Kier alpha value is -0.370. The highest BCUT2D eigenvalue weighted by molar-refractivity contribution is 7.58. The molecule has 0 aromatic carbocycles. The van der Waals surface area contributed by atoms with Gasteiger partial charge in [-0.25, -0.2) is 0 Å². The molecular formula is C9H17O3P. The molecular weight excluding hydrogens is 187 g/mol. The van der Waals surface area contributed by atoms with Crippen molar-refractivity contribution in [1.82, 2.24) is 0 Å². The first-order chi connectivity index (χ1) is 6.14. The summed E-state index contributed by atoms with van der Waals surface area (Å²) in [4.78, 5) is 0. The molecule has 0 aromatic heterocycles. The van der Waals surface area contributed by atoms with Gasteiger partial charge in [0.05, 0.1) is 18.5 Å². The zero-order valence-corrected chi connectivity index (χ0v) is 9.34. The van der Waals surface area contributed by atoms with E-state index in [9.17, 15) is 4.57 Å². The van der Waals surface area contributed by atoms with Crippen LogP contribution < -0.4 is 0 Å². The molecule has 4 heteroatoms. The molecule has 0 bridgehead atoms. The lowest BCUT2D eigenvalue weighted by molar-refractivity contribution is 0.227. The zero-order valence-electron chi connectivity index (χ0n) is 8.45. The zero-order chi connectivity index (χ0) is 10.3. The van der Waals surface area contributed by atoms with E-state index in [0.29, 0.717) is 18.5 Å². The minimum atomic E-state index is -3.09. The van der Waals surface area contributed by atoms with Crippen molar-refractivity contribution >= 4 is 7.60 Å². The van der Waals surface area contributed by atoms with Crippen LogP contribution in [0.5, 0.6) is 0 Å². The first kappa shape index (κ1) is 12.6. The average Bonchev–Trinajstić information content (AvgIpc) is 2.07. The molecule has 0 aliphatic heterocycles. The van der Waals surface area contributed by atoms with Crippen LogP contribution in [0.2, 0.25) is 0 Å². The quantitative estimate of drug-likeness (QED) is 0.491. The van der Waals surface area contributed by atoms with Gasteiger partial charge in [0.15, 0.2) is 0 Å². The van der Waals surface area contributed by atoms with Crippen molar-refractivity contribution < 1.29 is 13.6 Å². The molecule has 0 fully saturated rings. The predicted molar refractivity (Wildman–Crippen MR) is 54.8 cm³/mol. The van der Waals surface area contributed by atoms with Crippen molar-refractivity contribution in [2.24, 2.45) is 0 Å². The van der Waals surface area contributed by atoms with Crippen LogP contribution in [-0.2, 0) is 13.6 Å². The molecule has 0 aliphatic carbocycles. The Balaban J connectivity index is 4.76. The van der Waals surface area contributed by atoms with E-state index in [1.807, 2.05) is 0 Å². The molecule has 13 heavy (non-hydrogen) atoms. The van der Waals surface area contributed by atoms with Crippen molar-refractivity contribution in [3.63, 3.8) is 0 Å². The third-order valence-electron chi connectivity index (χ3n) is 1.42. The van der Waals surface area contributed by atoms with Gasteiger partial charge in [0, 0.05) is 0 Å². The van der Waals surface area contributed by atoms with E-state index in [0.717, 1.165) is 0 Å². The molecule has 0 heterocycles. The second kappa shape index (κ2) is 6.14. The van der Waals surface area contributed by atoms with E-state index in [1.54, 1.807) is 26.8 Å². The number of rotatable bonds is 6. The summed E-state index contributed by atoms with van der Waals surface area (Å²) in [6.07, 6.45) is 3.20. The van der Waals surface area contributed by atoms with Crippen molar-refractivity contribution in [2.45, 2.75) is 20.8 Å². The van der Waals surface area contributed by atoms with Crippen LogP contribution in [0.4, 0.5) is 0 Å². The molecule has 0 N–H and O–H groups in total. The molecule has 76 valence electrons. The highest BCUT2D eigenvalue weighted by Crippen LogP contribution is 2.56. The predicted octanol–water partition coefficient (Wildman–Crippen LogP) is 3.34. The molecule has 0 spiro atoms. The second-order valence-corrected chi connectivity index (χ2v) is 4.28. The summed E-state index contributed by atoms with van der Waals surface area (Å²) in [5.74, 6) is 0. The van der Waals surface area contributed by atoms with Crippen molar-refractivity contribution in [2.75, 3.05) is 13.2 Å². The van der Waals surface area contributed by atoms with Crippen LogP contribution in [0, 0.1) is 0 Å². The van der Waals surface area contributed by atoms with E-state index in [2.05, 4.69) is 6.58 Å². The van der Waals surface area contributed by atoms with Crippen molar-refractivity contribution in [3.05, 3.63) is 24.0 Å². The summed E-state index contributed by atoms with van der Waals surface area (Å²) in [5, 5.41) is 0.524. The van der Waals surface area contributed by atoms with Crippen LogP contribution in [0.15, 0.2) is 24.0 Å². The number of hydrogen-bond donors (Lipinski definition) is 0. The van der Waals surface area contributed by atoms with Crippen LogP contribution in [0.1, 0.15) is 20.8 Å². The Labute approximate surface area is 80.0 Å². The molecule has 0 unspecified atom stereocenters. The van der Waals surface area contributed by atoms with E-state index in [-0.39, 0.29) is 0 Å². The highest BCUT2D eigenvalue weighted by atomic mass is 31.2. The minimum absolute atomic E-state index is 0.364. The lowest BCUT2D eigenvalue weighted by Crippen LogP contribution is -1.97. The number of hydrogen-bond acceptors (Lipinski definition) is 3. The third kappa shape index (κ3) is 3.47. The molecule has 3 nitrogen and oxygen atoms in total. The fourth-order valence-corrected chi connectivity index (χ4v) is 2.51. The first-order valence-electron chi connectivity index (χ1n) is 4.33. The first-order valence-corrected chi connectivity index (χ1v) is 5.87. The molecule has 0 radical (unpaired) electrons.